The zero-order valence-corrected chi connectivity index (χ0v) is 4.32. The Labute approximate surface area is 47.0 Å². The van der Waals surface area contributed by atoms with Gasteiger partial charge in [0.1, 0.15) is 0 Å². The normalized spacial score (nSPS) is 2.29. The van der Waals surface area contributed by atoms with Crippen molar-refractivity contribution in [1.29, 1.82) is 10.8 Å². The fourth-order valence-electron chi connectivity index (χ4n) is 0. The summed E-state index contributed by atoms with van der Waals surface area (Å²) >= 11 is 0. The van der Waals surface area contributed by atoms with Crippen LogP contribution in [0, 0.1) is 10.8 Å². The minimum Gasteiger partial charge on any atom is -0.222 e. The molecule has 0 aliphatic heterocycles. The highest BCUT2D eigenvalue weighted by atomic mass is 32.1. The quantitative estimate of drug-likeness (QED) is 0.346. The standard InChI is InChI=1S/2CHNO.H2S/c2*2-1-3;/h2*2H;1H2. The summed E-state index contributed by atoms with van der Waals surface area (Å²) in [5.74, 6) is 0. The second kappa shape index (κ2) is 70.1. The highest BCUT2D eigenvalue weighted by molar-refractivity contribution is 7.59. The van der Waals surface area contributed by atoms with Gasteiger partial charge < -0.3 is 0 Å². The Morgan fingerprint density at radius 1 is 1.00 bits per heavy atom. The van der Waals surface area contributed by atoms with Crippen molar-refractivity contribution < 1.29 is 9.59 Å². The van der Waals surface area contributed by atoms with Crippen molar-refractivity contribution in [1.82, 2.24) is 0 Å². The molecule has 0 radical (unpaired) electrons. The lowest BCUT2D eigenvalue weighted by atomic mass is 11.7. The molecule has 0 spiro atoms. The Morgan fingerprint density at radius 2 is 1.00 bits per heavy atom. The molecule has 0 saturated heterocycles. The largest absolute Gasteiger partial charge is 0.231 e. The molecule has 0 aromatic carbocycles. The van der Waals surface area contributed by atoms with Gasteiger partial charge in [0.15, 0.2) is 0 Å². The maximum atomic E-state index is 8.35. The topological polar surface area (TPSA) is 81.8 Å². The van der Waals surface area contributed by atoms with Gasteiger partial charge in [0, 0.05) is 0 Å². The zero-order valence-electron chi connectivity index (χ0n) is 3.32. The second-order valence-corrected chi connectivity index (χ2v) is 0.204. The van der Waals surface area contributed by atoms with E-state index in [0.29, 0.717) is 0 Å². The van der Waals surface area contributed by atoms with E-state index >= 15 is 0 Å². The molecule has 2 N–H and O–H groups in total. The van der Waals surface area contributed by atoms with Gasteiger partial charge in [0.2, 0.25) is 12.2 Å². The van der Waals surface area contributed by atoms with Crippen LogP contribution in [0.5, 0.6) is 0 Å². The van der Waals surface area contributed by atoms with E-state index in [1.807, 2.05) is 0 Å². The van der Waals surface area contributed by atoms with E-state index in [1.165, 1.54) is 0 Å². The van der Waals surface area contributed by atoms with Gasteiger partial charge in [-0.3, -0.25) is 0 Å². The number of rotatable bonds is 0. The van der Waals surface area contributed by atoms with Crippen LogP contribution in [0.4, 0.5) is 0 Å². The third-order valence-electron chi connectivity index (χ3n) is 0. The molecule has 7 heavy (non-hydrogen) atoms. The number of isocyanates is 2. The molecule has 0 rings (SSSR count). The molecule has 0 saturated carbocycles. The minimum atomic E-state index is 0. The summed E-state index contributed by atoms with van der Waals surface area (Å²) in [7, 11) is 0. The van der Waals surface area contributed by atoms with Gasteiger partial charge >= 0.3 is 0 Å². The molecule has 0 fully saturated rings. The zero-order chi connectivity index (χ0) is 5.41. The first kappa shape index (κ1) is 16.5. The highest BCUT2D eigenvalue weighted by Gasteiger charge is 1.04. The van der Waals surface area contributed by atoms with E-state index in [1.54, 1.807) is 0 Å². The molecule has 0 aliphatic rings. The van der Waals surface area contributed by atoms with E-state index in [9.17, 15) is 0 Å². The fraction of sp³-hybridized carbons (Fsp3) is 0. The monoisotopic (exact) mass is 120 g/mol. The first-order chi connectivity index (χ1) is 2.83. The van der Waals surface area contributed by atoms with Crippen LogP contribution in [0.25, 0.3) is 0 Å². The van der Waals surface area contributed by atoms with Crippen molar-refractivity contribution >= 4 is 25.7 Å². The summed E-state index contributed by atoms with van der Waals surface area (Å²) < 4.78 is 0. The van der Waals surface area contributed by atoms with E-state index in [0.717, 1.165) is 12.2 Å². The summed E-state index contributed by atoms with van der Waals surface area (Å²) in [5, 5.41) is 10.8. The molecule has 0 atom stereocenters. The lowest BCUT2D eigenvalue weighted by Crippen LogP contribution is -1.16. The van der Waals surface area contributed by atoms with E-state index in [-0.39, 0.29) is 13.5 Å². The Kier molecular flexibility index (Phi) is 165. The predicted molar refractivity (Wildman–Crippen MR) is 27.2 cm³/mol. The fourth-order valence-corrected chi connectivity index (χ4v) is 0. The third-order valence-corrected chi connectivity index (χ3v) is 0. The van der Waals surface area contributed by atoms with Gasteiger partial charge in [-0.2, -0.15) is 13.5 Å². The summed E-state index contributed by atoms with van der Waals surface area (Å²) in [6, 6.07) is 0. The van der Waals surface area contributed by atoms with Gasteiger partial charge in [0.05, 0.1) is 0 Å². The number of carbonyl (C=O) groups excluding carboxylic acids is 2. The minimum absolute atomic E-state index is 0. The van der Waals surface area contributed by atoms with Crippen LogP contribution in [0.2, 0.25) is 0 Å². The van der Waals surface area contributed by atoms with Gasteiger partial charge in [-0.1, -0.05) is 0 Å². The van der Waals surface area contributed by atoms with Crippen molar-refractivity contribution in [3.05, 3.63) is 0 Å². The Bertz CT molecular complexity index is 67.7. The Balaban J connectivity index is -0.0000000400. The van der Waals surface area contributed by atoms with Gasteiger partial charge in [-0.15, -0.1) is 0 Å². The van der Waals surface area contributed by atoms with Gasteiger partial charge in [0.25, 0.3) is 0 Å². The average molecular weight is 120 g/mol. The number of hydrogen-bond donors (Lipinski definition) is 2. The molecule has 0 amide bonds. The first-order valence-electron chi connectivity index (χ1n) is 0.908. The predicted octanol–water partition coefficient (Wildman–Crippen LogP) is -0.0853. The molecule has 0 aliphatic carbocycles. The van der Waals surface area contributed by atoms with Crippen LogP contribution in [0.1, 0.15) is 0 Å². The molecule has 40 valence electrons. The SMILES string of the molecule is N=C=O.N=C=O.S. The molecule has 0 unspecified atom stereocenters. The molecule has 0 heterocycles. The van der Waals surface area contributed by atoms with Crippen LogP contribution in [-0.2, 0) is 9.59 Å². The summed E-state index contributed by atoms with van der Waals surface area (Å²) in [6.07, 6.45) is 1.50. The molecular weight excluding hydrogens is 116 g/mol. The third kappa shape index (κ3) is 62.4. The molecular formula is C2H4N2O2S. The first-order valence-corrected chi connectivity index (χ1v) is 0.908. The number of nitrogens with one attached hydrogen (secondary N) is 2. The van der Waals surface area contributed by atoms with Gasteiger partial charge in [-0.05, 0) is 0 Å². The molecule has 5 heteroatoms. The van der Waals surface area contributed by atoms with Crippen LogP contribution >= 0.6 is 13.5 Å². The van der Waals surface area contributed by atoms with Crippen LogP contribution in [0.15, 0.2) is 0 Å². The summed E-state index contributed by atoms with van der Waals surface area (Å²) in [6.45, 7) is 0. The van der Waals surface area contributed by atoms with Crippen LogP contribution in [-0.4, -0.2) is 12.2 Å². The highest BCUT2D eigenvalue weighted by Crippen LogP contribution is 0.871. The molecule has 4 nitrogen and oxygen atoms in total. The molecule has 0 bridgehead atoms. The lowest BCUT2D eigenvalue weighted by Gasteiger charge is -1.02. The van der Waals surface area contributed by atoms with E-state index in [2.05, 4.69) is 0 Å². The van der Waals surface area contributed by atoms with E-state index in [4.69, 9.17) is 20.4 Å². The van der Waals surface area contributed by atoms with Crippen molar-refractivity contribution in [2.24, 2.45) is 0 Å². The smallest absolute Gasteiger partial charge is 0.222 e. The second-order valence-electron chi connectivity index (χ2n) is 0.204. The number of hydrogen-bond acceptors (Lipinski definition) is 4. The van der Waals surface area contributed by atoms with Crippen LogP contribution < -0.4 is 0 Å². The average Bonchev–Trinajstić information content (AvgIpc) is 1.39. The van der Waals surface area contributed by atoms with Gasteiger partial charge in [-0.25, -0.2) is 20.4 Å². The maximum absolute atomic E-state index is 8.35. The van der Waals surface area contributed by atoms with Crippen molar-refractivity contribution in [2.75, 3.05) is 0 Å². The van der Waals surface area contributed by atoms with E-state index < -0.39 is 0 Å². The summed E-state index contributed by atoms with van der Waals surface area (Å²) in [5.41, 5.74) is 0. The van der Waals surface area contributed by atoms with Crippen LogP contribution in [0.3, 0.4) is 0 Å². The van der Waals surface area contributed by atoms with Crippen molar-refractivity contribution in [2.45, 2.75) is 0 Å². The maximum Gasteiger partial charge on any atom is 0.231 e. The lowest BCUT2D eigenvalue weighted by molar-refractivity contribution is 0.562. The summed E-state index contributed by atoms with van der Waals surface area (Å²) in [4.78, 5) is 16.7. The Morgan fingerprint density at radius 3 is 1.00 bits per heavy atom. The van der Waals surface area contributed by atoms with Crippen molar-refractivity contribution in [3.63, 3.8) is 0 Å². The Hall–Kier alpha value is -0.890. The molecule has 0 aromatic rings. The molecule has 0 aromatic heterocycles. The van der Waals surface area contributed by atoms with Crippen molar-refractivity contribution in [3.8, 4) is 0 Å².